The number of nitrogens with zero attached hydrogens (tertiary/aromatic N) is 1. The molecule has 7 heteroatoms. The lowest BCUT2D eigenvalue weighted by atomic mass is 10.1. The van der Waals surface area contributed by atoms with Crippen molar-refractivity contribution in [3.63, 3.8) is 0 Å². The molecule has 31 heavy (non-hydrogen) atoms. The Hall–Kier alpha value is -1.69. The highest BCUT2D eigenvalue weighted by Gasteiger charge is 2.29. The van der Waals surface area contributed by atoms with Crippen molar-refractivity contribution in [1.82, 2.24) is 10.2 Å². The predicted molar refractivity (Wildman–Crippen MR) is 132 cm³/mol. The van der Waals surface area contributed by atoms with E-state index in [0.29, 0.717) is 22.0 Å². The average molecular weight is 481 g/mol. The molecule has 0 saturated heterocycles. The molecule has 2 amide bonds. The topological polar surface area (TPSA) is 49.4 Å². The normalized spacial score (nSPS) is 12.0. The molecule has 1 atom stereocenters. The first-order chi connectivity index (χ1) is 14.7. The van der Waals surface area contributed by atoms with Crippen LogP contribution in [0.15, 0.2) is 42.5 Å². The van der Waals surface area contributed by atoms with Crippen LogP contribution in [0, 0.1) is 6.92 Å². The van der Waals surface area contributed by atoms with Crippen LogP contribution < -0.4 is 5.32 Å². The highest BCUT2D eigenvalue weighted by atomic mass is 35.5. The van der Waals surface area contributed by atoms with Gasteiger partial charge >= 0.3 is 0 Å². The third kappa shape index (κ3) is 7.74. The maximum absolute atomic E-state index is 13.2. The van der Waals surface area contributed by atoms with Crippen molar-refractivity contribution in [3.05, 3.63) is 69.2 Å². The molecule has 4 nitrogen and oxygen atoms in total. The summed E-state index contributed by atoms with van der Waals surface area (Å²) in [5.74, 6) is 0.708. The molecule has 2 rings (SSSR count). The number of nitrogens with one attached hydrogen (secondary N) is 1. The molecule has 0 bridgehead atoms. The Morgan fingerprint density at radius 2 is 1.68 bits per heavy atom. The van der Waals surface area contributed by atoms with Gasteiger partial charge in [0.1, 0.15) is 6.04 Å². The van der Waals surface area contributed by atoms with E-state index in [-0.39, 0.29) is 30.2 Å². The van der Waals surface area contributed by atoms with E-state index in [2.05, 4.69) is 29.6 Å². The van der Waals surface area contributed by atoms with Gasteiger partial charge in [-0.25, -0.2) is 0 Å². The van der Waals surface area contributed by atoms with Crippen LogP contribution in [0.3, 0.4) is 0 Å². The Morgan fingerprint density at radius 1 is 1.06 bits per heavy atom. The summed E-state index contributed by atoms with van der Waals surface area (Å²) in [6.07, 6.45) is 0.495. The zero-order chi connectivity index (χ0) is 23.0. The maximum atomic E-state index is 13.2. The lowest BCUT2D eigenvalue weighted by molar-refractivity contribution is -0.139. The largest absolute Gasteiger partial charge is 0.352 e. The second-order valence-electron chi connectivity index (χ2n) is 7.79. The quantitative estimate of drug-likeness (QED) is 0.462. The minimum Gasteiger partial charge on any atom is -0.352 e. The zero-order valence-corrected chi connectivity index (χ0v) is 20.8. The summed E-state index contributed by atoms with van der Waals surface area (Å²) in [6, 6.07) is 12.9. The molecule has 2 aromatic carbocycles. The first-order valence-electron chi connectivity index (χ1n) is 10.4. The second kappa shape index (κ2) is 12.4. The summed E-state index contributed by atoms with van der Waals surface area (Å²) >= 11 is 14.3. The van der Waals surface area contributed by atoms with E-state index in [1.807, 2.05) is 27.7 Å². The molecular weight excluding hydrogens is 451 g/mol. The van der Waals surface area contributed by atoms with Crippen molar-refractivity contribution in [2.75, 3.05) is 5.75 Å². The fraction of sp³-hybridized carbons (Fsp3) is 0.417. The van der Waals surface area contributed by atoms with Crippen LogP contribution in [0.2, 0.25) is 10.0 Å². The van der Waals surface area contributed by atoms with Crippen molar-refractivity contribution >= 4 is 46.8 Å². The summed E-state index contributed by atoms with van der Waals surface area (Å²) in [6.45, 7) is 7.94. The monoisotopic (exact) mass is 480 g/mol. The van der Waals surface area contributed by atoms with Crippen LogP contribution in [0.5, 0.6) is 0 Å². The summed E-state index contributed by atoms with van der Waals surface area (Å²) in [5.41, 5.74) is 3.02. The lowest BCUT2D eigenvalue weighted by Gasteiger charge is -2.31. The van der Waals surface area contributed by atoms with Gasteiger partial charge in [0.05, 0.1) is 5.75 Å². The molecule has 0 unspecified atom stereocenters. The smallest absolute Gasteiger partial charge is 0.243 e. The SMILES string of the molecule is CC[C@@H](C(=O)NC(C)C)N(Cc1c(Cl)cccc1Cl)C(=O)CSCc1ccc(C)cc1. The van der Waals surface area contributed by atoms with Crippen LogP contribution in [-0.4, -0.2) is 34.6 Å². The van der Waals surface area contributed by atoms with Gasteiger partial charge in [-0.15, -0.1) is 11.8 Å². The maximum Gasteiger partial charge on any atom is 0.243 e. The van der Waals surface area contributed by atoms with Crippen LogP contribution >= 0.6 is 35.0 Å². The number of rotatable bonds is 10. The Morgan fingerprint density at radius 3 is 2.23 bits per heavy atom. The number of carbonyl (C=O) groups excluding carboxylic acids is 2. The molecule has 0 aliphatic rings. The van der Waals surface area contributed by atoms with Gasteiger partial charge in [-0.05, 0) is 44.9 Å². The molecule has 1 N–H and O–H groups in total. The van der Waals surface area contributed by atoms with Crippen molar-refractivity contribution in [3.8, 4) is 0 Å². The van der Waals surface area contributed by atoms with Crippen LogP contribution in [0.1, 0.15) is 43.9 Å². The lowest BCUT2D eigenvalue weighted by Crippen LogP contribution is -2.51. The summed E-state index contributed by atoms with van der Waals surface area (Å²) in [5, 5.41) is 3.89. The minimum absolute atomic E-state index is 0.0154. The number of aryl methyl sites for hydroxylation is 1. The third-order valence-corrected chi connectivity index (χ3v) is 6.52. The van der Waals surface area contributed by atoms with E-state index in [0.717, 1.165) is 11.3 Å². The van der Waals surface area contributed by atoms with E-state index in [1.165, 1.54) is 17.3 Å². The number of benzene rings is 2. The number of thioether (sulfide) groups is 1. The third-order valence-electron chi connectivity index (χ3n) is 4.82. The molecule has 0 aromatic heterocycles. The molecule has 0 fully saturated rings. The Bertz CT molecular complexity index is 867. The number of hydrogen-bond donors (Lipinski definition) is 1. The van der Waals surface area contributed by atoms with Crippen LogP contribution in [0.4, 0.5) is 0 Å². The van der Waals surface area contributed by atoms with Gasteiger partial charge in [-0.2, -0.15) is 0 Å². The second-order valence-corrected chi connectivity index (χ2v) is 9.59. The molecule has 0 spiro atoms. The molecular formula is C24H30Cl2N2O2S. The molecule has 0 aliphatic heterocycles. The summed E-state index contributed by atoms with van der Waals surface area (Å²) < 4.78 is 0. The van der Waals surface area contributed by atoms with Crippen LogP contribution in [0.25, 0.3) is 0 Å². The highest BCUT2D eigenvalue weighted by molar-refractivity contribution is 7.99. The molecule has 168 valence electrons. The van der Waals surface area contributed by atoms with Crippen LogP contribution in [-0.2, 0) is 21.9 Å². The number of amides is 2. The van der Waals surface area contributed by atoms with Gasteiger partial charge in [0.15, 0.2) is 0 Å². The first kappa shape index (κ1) is 25.6. The Kier molecular flexibility index (Phi) is 10.2. The predicted octanol–water partition coefficient (Wildman–Crippen LogP) is 5.87. The zero-order valence-electron chi connectivity index (χ0n) is 18.5. The fourth-order valence-corrected chi connectivity index (χ4v) is 4.56. The van der Waals surface area contributed by atoms with Gasteiger partial charge in [0, 0.05) is 33.9 Å². The highest BCUT2D eigenvalue weighted by Crippen LogP contribution is 2.27. The van der Waals surface area contributed by atoms with E-state index >= 15 is 0 Å². The molecule has 2 aromatic rings. The Labute approximate surface area is 199 Å². The van der Waals surface area contributed by atoms with Crippen molar-refractivity contribution in [2.24, 2.45) is 0 Å². The van der Waals surface area contributed by atoms with Gasteiger partial charge in [0.25, 0.3) is 0 Å². The number of hydrogen-bond acceptors (Lipinski definition) is 3. The van der Waals surface area contributed by atoms with Gasteiger partial charge in [-0.1, -0.05) is 66.0 Å². The number of carbonyl (C=O) groups is 2. The number of halogens is 2. The molecule has 0 aliphatic carbocycles. The van der Waals surface area contributed by atoms with E-state index in [1.54, 1.807) is 23.1 Å². The average Bonchev–Trinajstić information content (AvgIpc) is 2.70. The van der Waals surface area contributed by atoms with E-state index in [9.17, 15) is 9.59 Å². The Balaban J connectivity index is 2.19. The van der Waals surface area contributed by atoms with Gasteiger partial charge in [0.2, 0.25) is 11.8 Å². The molecule has 0 heterocycles. The van der Waals surface area contributed by atoms with E-state index < -0.39 is 6.04 Å². The van der Waals surface area contributed by atoms with Crippen molar-refractivity contribution in [2.45, 2.75) is 58.5 Å². The van der Waals surface area contributed by atoms with Gasteiger partial charge < -0.3 is 10.2 Å². The fourth-order valence-electron chi connectivity index (χ4n) is 3.18. The van der Waals surface area contributed by atoms with Gasteiger partial charge in [-0.3, -0.25) is 9.59 Å². The molecule has 0 saturated carbocycles. The first-order valence-corrected chi connectivity index (χ1v) is 12.3. The van der Waals surface area contributed by atoms with E-state index in [4.69, 9.17) is 23.2 Å². The van der Waals surface area contributed by atoms with Crippen molar-refractivity contribution < 1.29 is 9.59 Å². The van der Waals surface area contributed by atoms with Crippen molar-refractivity contribution in [1.29, 1.82) is 0 Å². The molecule has 0 radical (unpaired) electrons. The summed E-state index contributed by atoms with van der Waals surface area (Å²) in [4.78, 5) is 27.7. The minimum atomic E-state index is -0.595. The summed E-state index contributed by atoms with van der Waals surface area (Å²) in [7, 11) is 0. The standard InChI is InChI=1S/C24H30Cl2N2O2S/c1-5-22(24(30)27-16(2)3)28(13-19-20(25)7-6-8-21(19)26)23(29)15-31-14-18-11-9-17(4)10-12-18/h6-12,16,22H,5,13-15H2,1-4H3,(H,27,30)/t22-/m0/s1.